The smallest absolute Gasteiger partial charge is 0.336 e. The third-order valence-electron chi connectivity index (χ3n) is 3.49. The first-order chi connectivity index (χ1) is 10.1. The molecule has 1 N–H and O–H groups in total. The van der Waals surface area contributed by atoms with Crippen LogP contribution in [0.25, 0.3) is 16.6 Å². The fourth-order valence-corrected chi connectivity index (χ4v) is 2.53. The van der Waals surface area contributed by atoms with Gasteiger partial charge in [-0.3, -0.25) is 9.20 Å². The first kappa shape index (κ1) is 13.1. The molecule has 104 valence electrons. The molecule has 0 radical (unpaired) electrons. The lowest BCUT2D eigenvalue weighted by Gasteiger charge is -2.11. The molecule has 0 saturated heterocycles. The maximum atomic E-state index is 12.8. The Morgan fingerprint density at radius 1 is 1.05 bits per heavy atom. The average molecular weight is 279 g/mol. The van der Waals surface area contributed by atoms with Crippen LogP contribution in [0, 0.1) is 6.92 Å². The summed E-state index contributed by atoms with van der Waals surface area (Å²) in [5, 5.41) is 9.43. The molecule has 4 heteroatoms. The minimum absolute atomic E-state index is 0.0248. The van der Waals surface area contributed by atoms with Crippen LogP contribution in [0.1, 0.15) is 16.1 Å². The molecule has 2 aromatic heterocycles. The molecule has 3 rings (SSSR count). The number of carboxylic acid groups (broad SMARTS) is 1. The summed E-state index contributed by atoms with van der Waals surface area (Å²) < 4.78 is 1.54. The Kier molecular flexibility index (Phi) is 3.06. The van der Waals surface area contributed by atoms with Crippen molar-refractivity contribution in [3.8, 4) is 11.1 Å². The molecule has 2 heterocycles. The Bertz CT molecular complexity index is 895. The second kappa shape index (κ2) is 4.90. The van der Waals surface area contributed by atoms with Crippen molar-refractivity contribution in [3.63, 3.8) is 0 Å². The van der Waals surface area contributed by atoms with E-state index in [0.29, 0.717) is 11.1 Å². The average Bonchev–Trinajstić information content (AvgIpc) is 2.47. The number of pyridine rings is 2. The van der Waals surface area contributed by atoms with Crippen LogP contribution in [-0.4, -0.2) is 15.5 Å². The molecule has 0 bridgehead atoms. The van der Waals surface area contributed by atoms with Gasteiger partial charge in [0.1, 0.15) is 0 Å². The molecule has 0 unspecified atom stereocenters. The summed E-state index contributed by atoms with van der Waals surface area (Å²) in [4.78, 5) is 24.3. The van der Waals surface area contributed by atoms with Crippen LogP contribution in [0.15, 0.2) is 59.4 Å². The molecule has 0 fully saturated rings. The third-order valence-corrected chi connectivity index (χ3v) is 3.49. The summed E-state index contributed by atoms with van der Waals surface area (Å²) in [6, 6.07) is 15.8. The van der Waals surface area contributed by atoms with E-state index in [0.717, 1.165) is 5.69 Å². The van der Waals surface area contributed by atoms with Crippen molar-refractivity contribution in [3.05, 3.63) is 76.2 Å². The molecule has 0 aliphatic rings. The second-order valence-electron chi connectivity index (χ2n) is 4.84. The fourth-order valence-electron chi connectivity index (χ4n) is 2.53. The van der Waals surface area contributed by atoms with E-state index in [9.17, 15) is 14.7 Å². The molecule has 4 nitrogen and oxygen atoms in total. The lowest BCUT2D eigenvalue weighted by molar-refractivity contribution is 0.0697. The maximum absolute atomic E-state index is 12.8. The lowest BCUT2D eigenvalue weighted by atomic mass is 10.0. The number of hydrogen-bond acceptors (Lipinski definition) is 2. The van der Waals surface area contributed by atoms with Gasteiger partial charge in [-0.1, -0.05) is 36.4 Å². The van der Waals surface area contributed by atoms with E-state index >= 15 is 0 Å². The van der Waals surface area contributed by atoms with Gasteiger partial charge < -0.3 is 5.11 Å². The van der Waals surface area contributed by atoms with Crippen LogP contribution < -0.4 is 5.56 Å². The topological polar surface area (TPSA) is 58.8 Å². The van der Waals surface area contributed by atoms with Crippen molar-refractivity contribution >= 4 is 11.5 Å². The largest absolute Gasteiger partial charge is 0.478 e. The van der Waals surface area contributed by atoms with Gasteiger partial charge in [0.25, 0.3) is 5.56 Å². The van der Waals surface area contributed by atoms with E-state index in [1.807, 2.05) is 19.1 Å². The molecule has 0 saturated carbocycles. The first-order valence-electron chi connectivity index (χ1n) is 6.53. The molecule has 0 aliphatic heterocycles. The summed E-state index contributed by atoms with van der Waals surface area (Å²) >= 11 is 0. The maximum Gasteiger partial charge on any atom is 0.336 e. The Morgan fingerprint density at radius 3 is 2.43 bits per heavy atom. The second-order valence-corrected chi connectivity index (χ2v) is 4.84. The van der Waals surface area contributed by atoms with E-state index in [1.54, 1.807) is 42.5 Å². The van der Waals surface area contributed by atoms with E-state index < -0.39 is 5.97 Å². The molecule has 0 spiro atoms. The minimum Gasteiger partial charge on any atom is -0.478 e. The third kappa shape index (κ3) is 2.10. The lowest BCUT2D eigenvalue weighted by Crippen LogP contribution is -2.21. The molecule has 0 aliphatic carbocycles. The van der Waals surface area contributed by atoms with Crippen molar-refractivity contribution in [1.29, 1.82) is 0 Å². The van der Waals surface area contributed by atoms with Crippen molar-refractivity contribution in [2.75, 3.05) is 0 Å². The van der Waals surface area contributed by atoms with Gasteiger partial charge in [-0.05, 0) is 30.7 Å². The van der Waals surface area contributed by atoms with Crippen molar-refractivity contribution in [2.24, 2.45) is 0 Å². The summed E-state index contributed by atoms with van der Waals surface area (Å²) in [5.41, 5.74) is 1.89. The normalized spacial score (nSPS) is 10.7. The molecular weight excluding hydrogens is 266 g/mol. The predicted molar refractivity (Wildman–Crippen MR) is 80.8 cm³/mol. The SMILES string of the molecule is Cc1cccc2cc(C(=O)O)c(-c3ccccc3)c(=O)n12. The summed E-state index contributed by atoms with van der Waals surface area (Å²) in [7, 11) is 0. The van der Waals surface area contributed by atoms with Crippen molar-refractivity contribution < 1.29 is 9.90 Å². The van der Waals surface area contributed by atoms with Crippen molar-refractivity contribution in [2.45, 2.75) is 6.92 Å². The zero-order chi connectivity index (χ0) is 15.0. The Balaban J connectivity index is 2.50. The highest BCUT2D eigenvalue weighted by atomic mass is 16.4. The number of rotatable bonds is 2. The zero-order valence-corrected chi connectivity index (χ0v) is 11.4. The van der Waals surface area contributed by atoms with Crippen LogP contribution in [0.4, 0.5) is 0 Å². The van der Waals surface area contributed by atoms with Crippen molar-refractivity contribution in [1.82, 2.24) is 4.40 Å². The zero-order valence-electron chi connectivity index (χ0n) is 11.4. The Hall–Kier alpha value is -2.88. The number of fused-ring (bicyclic) bond motifs is 1. The number of benzene rings is 1. The van der Waals surface area contributed by atoms with Gasteiger partial charge in [0.2, 0.25) is 0 Å². The van der Waals surface area contributed by atoms with Crippen LogP contribution in [0.3, 0.4) is 0 Å². The molecule has 0 atom stereocenters. The summed E-state index contributed by atoms with van der Waals surface area (Å²) in [5.74, 6) is -1.10. The number of hydrogen-bond donors (Lipinski definition) is 1. The molecule has 1 aromatic carbocycles. The first-order valence-corrected chi connectivity index (χ1v) is 6.53. The molecule has 3 aromatic rings. The fraction of sp³-hybridized carbons (Fsp3) is 0.0588. The van der Waals surface area contributed by atoms with E-state index in [4.69, 9.17) is 0 Å². The Morgan fingerprint density at radius 2 is 1.76 bits per heavy atom. The molecular formula is C17H13NO3. The van der Waals surface area contributed by atoms with Gasteiger partial charge in [-0.25, -0.2) is 4.79 Å². The number of nitrogens with zero attached hydrogens (tertiary/aromatic N) is 1. The molecule has 0 amide bonds. The highest BCUT2D eigenvalue weighted by Gasteiger charge is 2.18. The minimum atomic E-state index is -1.10. The quantitative estimate of drug-likeness (QED) is 0.784. The van der Waals surface area contributed by atoms with Crippen LogP contribution in [-0.2, 0) is 0 Å². The van der Waals surface area contributed by atoms with E-state index in [2.05, 4.69) is 0 Å². The number of aromatic nitrogens is 1. The van der Waals surface area contributed by atoms with Crippen LogP contribution in [0.2, 0.25) is 0 Å². The monoisotopic (exact) mass is 279 g/mol. The number of carbonyl (C=O) groups is 1. The van der Waals surface area contributed by atoms with E-state index in [1.165, 1.54) is 4.40 Å². The molecule has 21 heavy (non-hydrogen) atoms. The van der Waals surface area contributed by atoms with Gasteiger partial charge in [0, 0.05) is 11.2 Å². The van der Waals surface area contributed by atoms with Gasteiger partial charge >= 0.3 is 5.97 Å². The highest BCUT2D eigenvalue weighted by molar-refractivity contribution is 5.97. The predicted octanol–water partition coefficient (Wildman–Crippen LogP) is 2.97. The highest BCUT2D eigenvalue weighted by Crippen LogP contribution is 2.22. The van der Waals surface area contributed by atoms with Crippen LogP contribution >= 0.6 is 0 Å². The number of carboxylic acids is 1. The van der Waals surface area contributed by atoms with Crippen LogP contribution in [0.5, 0.6) is 0 Å². The number of aryl methyl sites for hydroxylation is 1. The summed E-state index contributed by atoms with van der Waals surface area (Å²) in [6.45, 7) is 1.82. The van der Waals surface area contributed by atoms with Gasteiger partial charge in [-0.2, -0.15) is 0 Å². The van der Waals surface area contributed by atoms with Gasteiger partial charge in [0.15, 0.2) is 0 Å². The number of aromatic carboxylic acids is 1. The van der Waals surface area contributed by atoms with Gasteiger partial charge in [0.05, 0.1) is 11.1 Å². The van der Waals surface area contributed by atoms with E-state index in [-0.39, 0.29) is 16.7 Å². The standard InChI is InChI=1S/C17H13NO3/c1-11-6-5-9-13-10-14(17(20)21)15(16(19)18(11)13)12-7-3-2-4-8-12/h2-10H,1H3,(H,20,21). The van der Waals surface area contributed by atoms with Gasteiger partial charge in [-0.15, -0.1) is 0 Å². The summed E-state index contributed by atoms with van der Waals surface area (Å²) in [6.07, 6.45) is 0. The Labute approximate surface area is 120 Å².